The predicted molar refractivity (Wildman–Crippen MR) is 257 cm³/mol. The number of carbonyl (C=O) groups excluding carboxylic acids is 3. The van der Waals surface area contributed by atoms with Crippen molar-refractivity contribution in [3.63, 3.8) is 0 Å². The number of aryl methyl sites for hydroxylation is 4. The Bertz CT molecular complexity index is 3040. The van der Waals surface area contributed by atoms with E-state index >= 15 is 0 Å². The summed E-state index contributed by atoms with van der Waals surface area (Å²) < 4.78 is 12.3. The number of rotatable bonds is 13. The Labute approximate surface area is 406 Å². The molecule has 4 fully saturated rings. The highest BCUT2D eigenvalue weighted by Crippen LogP contribution is 2.47. The van der Waals surface area contributed by atoms with Crippen LogP contribution in [0.2, 0.25) is 0 Å². The molecule has 4 aliphatic carbocycles. The molecular weight excluding hydrogens is 887 g/mol. The normalized spacial score (nSPS) is 22.1. The third kappa shape index (κ3) is 8.90. The van der Waals surface area contributed by atoms with Crippen LogP contribution in [0.15, 0.2) is 49.3 Å². The first-order chi connectivity index (χ1) is 33.9. The van der Waals surface area contributed by atoms with Gasteiger partial charge in [-0.1, -0.05) is 12.1 Å². The smallest absolute Gasteiger partial charge is 0.311 e. The van der Waals surface area contributed by atoms with Gasteiger partial charge in [0.1, 0.15) is 11.6 Å². The van der Waals surface area contributed by atoms with Gasteiger partial charge in [-0.3, -0.25) is 23.7 Å². The zero-order chi connectivity index (χ0) is 48.4. The summed E-state index contributed by atoms with van der Waals surface area (Å²) in [6.45, 7) is 9.43. The van der Waals surface area contributed by atoms with Gasteiger partial charge in [0.25, 0.3) is 11.8 Å². The number of ether oxygens (including phenoxy) is 1. The van der Waals surface area contributed by atoms with E-state index in [0.717, 1.165) is 132 Å². The first-order valence-corrected chi connectivity index (χ1v) is 24.5. The third-order valence-corrected chi connectivity index (χ3v) is 15.4. The topological polar surface area (TPSA) is 212 Å². The van der Waals surface area contributed by atoms with Gasteiger partial charge in [0.05, 0.1) is 97.8 Å². The lowest BCUT2D eigenvalue weighted by molar-refractivity contribution is -0.139. The lowest BCUT2D eigenvalue weighted by atomic mass is 10.1. The second-order valence-electron chi connectivity index (χ2n) is 20.1. The molecule has 2 amide bonds. The van der Waals surface area contributed by atoms with E-state index in [0.29, 0.717) is 35.6 Å². The van der Waals surface area contributed by atoms with E-state index in [1.807, 2.05) is 37.1 Å². The number of piperidine rings is 2. The SMILES string of the molecule is COC(=O)Cc1nn(Cc2ccc(N3CC4CC4C3)nc2C)cc1C(=O)N[C@@H]1CCc2c1ncn2C.Cc1nc(N2CC3CC3C2)ccc1Cn1cc(C(=O)N[C@@H]2CCc3c2ncn3C)c(CC#N)n1. The standard InChI is InChI=1S/C26H31N7O3.C25H28N8O/c1-15-16(4-7-23(28-15)32-10-17-8-18(17)11-32)12-33-13-19(21(30-33)9-24(34)36-3)26(35)29-20-5-6-22-25(20)27-14-31(22)2;1-15-16(3-6-23(28-15)32-10-17-9-18(17)11-32)12-33-13-19(20(30-33)7-8-26)25(34)29-21-4-5-22-24(21)27-14-31(22)2/h4,7,13-14,17-18,20H,5-6,8-12H2,1-3H3,(H,29,35);3,6,13-14,17-18,21H,4-5,7,9-12H2,1-2H3,(H,29,34)/t17?,18?,20-;17?,18?,21-/m11/s1. The number of esters is 1. The number of anilines is 2. The maximum absolute atomic E-state index is 13.3. The Morgan fingerprint density at radius 3 is 1.60 bits per heavy atom. The average molecular weight is 946 g/mol. The molecule has 19 nitrogen and oxygen atoms in total. The first-order valence-electron chi connectivity index (χ1n) is 24.5. The molecule has 6 aliphatic rings. The minimum absolute atomic E-state index is 0.0702. The van der Waals surface area contributed by atoms with Crippen LogP contribution in [0.25, 0.3) is 0 Å². The third-order valence-electron chi connectivity index (χ3n) is 15.4. The number of nitrogens with zero attached hydrogens (tertiary/aromatic N) is 13. The number of fused-ring (bicyclic) bond motifs is 4. The number of pyridine rings is 2. The average Bonchev–Trinajstić information content (AvgIpc) is 3.89. The van der Waals surface area contributed by atoms with E-state index < -0.39 is 5.97 Å². The van der Waals surface area contributed by atoms with Crippen LogP contribution in [0.3, 0.4) is 0 Å². The molecule has 19 heteroatoms. The van der Waals surface area contributed by atoms with E-state index in [1.54, 1.807) is 34.4 Å². The summed E-state index contributed by atoms with van der Waals surface area (Å²) in [5, 5.41) is 24.6. The summed E-state index contributed by atoms with van der Waals surface area (Å²) in [6, 6.07) is 10.2. The number of carbonyl (C=O) groups is 3. The number of nitriles is 1. The van der Waals surface area contributed by atoms with Crippen molar-refractivity contribution in [2.75, 3.05) is 43.1 Å². The molecule has 0 radical (unpaired) electrons. The molecule has 6 atom stereocenters. The van der Waals surface area contributed by atoms with Crippen molar-refractivity contribution < 1.29 is 19.1 Å². The fourth-order valence-electron chi connectivity index (χ4n) is 11.1. The van der Waals surface area contributed by atoms with Crippen LogP contribution in [0, 0.1) is 48.9 Å². The molecule has 0 bridgehead atoms. The van der Waals surface area contributed by atoms with Gasteiger partial charge in [0.2, 0.25) is 0 Å². The van der Waals surface area contributed by atoms with Crippen molar-refractivity contribution in [2.45, 2.75) is 90.4 Å². The van der Waals surface area contributed by atoms with E-state index in [9.17, 15) is 19.6 Å². The summed E-state index contributed by atoms with van der Waals surface area (Å²) >= 11 is 0. The van der Waals surface area contributed by atoms with Crippen molar-refractivity contribution in [1.29, 1.82) is 5.26 Å². The van der Waals surface area contributed by atoms with Crippen molar-refractivity contribution >= 4 is 29.4 Å². The second kappa shape index (κ2) is 18.2. The number of aromatic nitrogens is 10. The van der Waals surface area contributed by atoms with Crippen LogP contribution in [0.4, 0.5) is 11.6 Å². The second-order valence-corrected chi connectivity index (χ2v) is 20.1. The van der Waals surface area contributed by atoms with Gasteiger partial charge >= 0.3 is 5.97 Å². The minimum Gasteiger partial charge on any atom is -0.469 e. The minimum atomic E-state index is -0.437. The molecular formula is C51H59N15O4. The molecule has 8 heterocycles. The Balaban J connectivity index is 0.000000153. The molecule has 70 heavy (non-hydrogen) atoms. The quantitative estimate of drug-likeness (QED) is 0.155. The molecule has 2 aliphatic heterocycles. The van der Waals surface area contributed by atoms with Crippen molar-refractivity contribution in [2.24, 2.45) is 37.8 Å². The number of amides is 2. The highest BCUT2D eigenvalue weighted by Gasteiger charge is 2.46. The van der Waals surface area contributed by atoms with Crippen LogP contribution in [-0.2, 0) is 62.4 Å². The zero-order valence-corrected chi connectivity index (χ0v) is 40.4. The van der Waals surface area contributed by atoms with E-state index in [2.05, 4.69) is 70.9 Å². The van der Waals surface area contributed by atoms with Crippen molar-refractivity contribution in [1.82, 2.24) is 59.3 Å². The molecule has 2 saturated carbocycles. The summed E-state index contributed by atoms with van der Waals surface area (Å²) in [5.74, 6) is 4.59. The molecule has 4 unspecified atom stereocenters. The Kier molecular flexibility index (Phi) is 11.7. The van der Waals surface area contributed by atoms with Crippen LogP contribution in [-0.4, -0.2) is 99.7 Å². The van der Waals surface area contributed by atoms with E-state index in [-0.39, 0.29) is 36.7 Å². The maximum Gasteiger partial charge on any atom is 0.311 e. The van der Waals surface area contributed by atoms with Crippen LogP contribution in [0.5, 0.6) is 0 Å². The molecule has 2 N–H and O–H groups in total. The Hall–Kier alpha value is -7.36. The lowest BCUT2D eigenvalue weighted by Gasteiger charge is -2.20. The van der Waals surface area contributed by atoms with Crippen molar-refractivity contribution in [3.05, 3.63) is 117 Å². The summed E-state index contributed by atoms with van der Waals surface area (Å²) in [4.78, 5) is 61.8. The number of hydrogen-bond donors (Lipinski definition) is 2. The summed E-state index contributed by atoms with van der Waals surface area (Å²) in [7, 11) is 5.27. The summed E-state index contributed by atoms with van der Waals surface area (Å²) in [5.41, 5.74) is 9.86. The van der Waals surface area contributed by atoms with Crippen LogP contribution < -0.4 is 20.4 Å². The number of nitrogens with one attached hydrogen (secondary N) is 2. The van der Waals surface area contributed by atoms with Gasteiger partial charge in [-0.2, -0.15) is 15.5 Å². The van der Waals surface area contributed by atoms with Gasteiger partial charge in [0.15, 0.2) is 0 Å². The van der Waals surface area contributed by atoms with E-state index in [1.165, 1.54) is 20.0 Å². The first kappa shape index (κ1) is 45.1. The molecule has 2 saturated heterocycles. The van der Waals surface area contributed by atoms with Gasteiger partial charge in [-0.25, -0.2) is 19.9 Å². The highest BCUT2D eigenvalue weighted by molar-refractivity contribution is 5.96. The lowest BCUT2D eigenvalue weighted by Crippen LogP contribution is -2.28. The molecule has 6 aromatic heterocycles. The maximum atomic E-state index is 13.3. The molecule has 12 rings (SSSR count). The van der Waals surface area contributed by atoms with Gasteiger partial charge in [-0.15, -0.1) is 0 Å². The fraction of sp³-hybridized carbons (Fsp3) is 0.490. The van der Waals surface area contributed by atoms with Crippen LogP contribution >= 0.6 is 0 Å². The Morgan fingerprint density at radius 1 is 0.700 bits per heavy atom. The van der Waals surface area contributed by atoms with Gasteiger partial charge in [0, 0.05) is 75.4 Å². The van der Waals surface area contributed by atoms with Crippen molar-refractivity contribution in [3.8, 4) is 6.07 Å². The fourth-order valence-corrected chi connectivity index (χ4v) is 11.1. The largest absolute Gasteiger partial charge is 0.469 e. The number of imidazole rings is 2. The Morgan fingerprint density at radius 2 is 1.16 bits per heavy atom. The number of hydrogen-bond acceptors (Lipinski definition) is 13. The molecule has 0 aromatic carbocycles. The molecule has 0 spiro atoms. The number of methoxy groups -OCH3 is 1. The molecule has 362 valence electrons. The zero-order valence-electron chi connectivity index (χ0n) is 40.4. The highest BCUT2D eigenvalue weighted by atomic mass is 16.5. The predicted octanol–water partition coefficient (Wildman–Crippen LogP) is 4.27. The molecule has 6 aromatic rings. The van der Waals surface area contributed by atoms with E-state index in [4.69, 9.17) is 14.7 Å². The van der Waals surface area contributed by atoms with Gasteiger partial charge < -0.3 is 34.3 Å². The monoisotopic (exact) mass is 945 g/mol. The van der Waals surface area contributed by atoms with Crippen LogP contribution in [0.1, 0.15) is 115 Å². The van der Waals surface area contributed by atoms with Gasteiger partial charge in [-0.05, 0) is 99.3 Å². The summed E-state index contributed by atoms with van der Waals surface area (Å²) in [6.07, 6.45) is 13.2.